The van der Waals surface area contributed by atoms with E-state index in [0.29, 0.717) is 23.6 Å². The largest absolute Gasteiger partial charge is 0.493 e. The summed E-state index contributed by atoms with van der Waals surface area (Å²) in [6, 6.07) is 4.71. The van der Waals surface area contributed by atoms with E-state index in [2.05, 4.69) is 5.32 Å². The highest BCUT2D eigenvalue weighted by atomic mass is 16.5. The van der Waals surface area contributed by atoms with Crippen molar-refractivity contribution >= 4 is 17.8 Å². The van der Waals surface area contributed by atoms with Crippen LogP contribution in [0.4, 0.5) is 0 Å². The van der Waals surface area contributed by atoms with Crippen molar-refractivity contribution in [2.75, 3.05) is 33.4 Å². The van der Waals surface area contributed by atoms with E-state index in [4.69, 9.17) is 19.3 Å². The third kappa shape index (κ3) is 6.12. The van der Waals surface area contributed by atoms with Gasteiger partial charge in [-0.05, 0) is 32.0 Å². The van der Waals surface area contributed by atoms with Gasteiger partial charge in [-0.25, -0.2) is 0 Å². The number of benzene rings is 1. The third-order valence-electron chi connectivity index (χ3n) is 4.05. The Morgan fingerprint density at radius 1 is 1.32 bits per heavy atom. The van der Waals surface area contributed by atoms with Crippen molar-refractivity contribution in [1.29, 1.82) is 0 Å². The second-order valence-electron chi connectivity index (χ2n) is 6.72. The highest BCUT2D eigenvalue weighted by Gasteiger charge is 2.27. The highest BCUT2D eigenvalue weighted by molar-refractivity contribution is 5.95. The Kier molecular flexibility index (Phi) is 7.62. The van der Waals surface area contributed by atoms with Crippen LogP contribution in [0.5, 0.6) is 11.5 Å². The molecular formula is C19H26N2O7. The average molecular weight is 394 g/mol. The molecule has 1 aliphatic heterocycles. The molecule has 1 atom stereocenters. The van der Waals surface area contributed by atoms with E-state index in [9.17, 15) is 14.4 Å². The number of carboxylic acid groups (broad SMARTS) is 1. The van der Waals surface area contributed by atoms with E-state index in [1.165, 1.54) is 7.11 Å². The predicted octanol–water partition coefficient (Wildman–Crippen LogP) is 0.914. The van der Waals surface area contributed by atoms with Crippen molar-refractivity contribution in [3.8, 4) is 11.5 Å². The van der Waals surface area contributed by atoms with Gasteiger partial charge in [0.15, 0.2) is 18.1 Å². The smallest absolute Gasteiger partial charge is 0.306 e. The summed E-state index contributed by atoms with van der Waals surface area (Å²) in [7, 11) is 1.45. The summed E-state index contributed by atoms with van der Waals surface area (Å²) in [5, 5.41) is 11.6. The van der Waals surface area contributed by atoms with Gasteiger partial charge in [-0.2, -0.15) is 0 Å². The molecule has 1 aromatic rings. The number of methoxy groups -OCH3 is 1. The quantitative estimate of drug-likeness (QED) is 0.674. The van der Waals surface area contributed by atoms with Crippen molar-refractivity contribution in [2.24, 2.45) is 0 Å². The molecule has 28 heavy (non-hydrogen) atoms. The van der Waals surface area contributed by atoms with Gasteiger partial charge in [0, 0.05) is 24.7 Å². The standard InChI is InChI=1S/C19H26N2O7/c1-12(2)20-17(22)11-28-15-5-4-13(8-16(15)26-3)19(25)21-6-7-27-14(10-21)9-18(23)24/h4-5,8,12,14H,6-7,9-11H2,1-3H3,(H,20,22)(H,23,24). The Morgan fingerprint density at radius 3 is 2.71 bits per heavy atom. The number of nitrogens with one attached hydrogen (secondary N) is 1. The molecule has 2 amide bonds. The predicted molar refractivity (Wildman–Crippen MR) is 99.7 cm³/mol. The van der Waals surface area contributed by atoms with Crippen molar-refractivity contribution in [2.45, 2.75) is 32.4 Å². The monoisotopic (exact) mass is 394 g/mol. The van der Waals surface area contributed by atoms with Crippen LogP contribution in [0, 0.1) is 0 Å². The maximum Gasteiger partial charge on any atom is 0.306 e. The van der Waals surface area contributed by atoms with E-state index >= 15 is 0 Å². The van der Waals surface area contributed by atoms with Crippen LogP contribution in [-0.4, -0.2) is 73.3 Å². The maximum atomic E-state index is 12.8. The Balaban J connectivity index is 2.04. The molecule has 1 heterocycles. The molecule has 1 aromatic carbocycles. The molecule has 1 unspecified atom stereocenters. The van der Waals surface area contributed by atoms with Crippen LogP contribution in [0.15, 0.2) is 18.2 Å². The summed E-state index contributed by atoms with van der Waals surface area (Å²) in [4.78, 5) is 36.9. The van der Waals surface area contributed by atoms with Gasteiger partial charge in [-0.1, -0.05) is 0 Å². The number of carboxylic acids is 1. The molecule has 9 nitrogen and oxygen atoms in total. The fourth-order valence-electron chi connectivity index (χ4n) is 2.83. The number of carbonyl (C=O) groups is 3. The molecule has 1 fully saturated rings. The van der Waals surface area contributed by atoms with Crippen LogP contribution < -0.4 is 14.8 Å². The molecule has 0 aliphatic carbocycles. The second-order valence-corrected chi connectivity index (χ2v) is 6.72. The number of carbonyl (C=O) groups excluding carboxylic acids is 2. The highest BCUT2D eigenvalue weighted by Crippen LogP contribution is 2.29. The summed E-state index contributed by atoms with van der Waals surface area (Å²) in [5.74, 6) is -0.790. The van der Waals surface area contributed by atoms with Crippen molar-refractivity contribution in [3.63, 3.8) is 0 Å². The van der Waals surface area contributed by atoms with Crippen molar-refractivity contribution in [3.05, 3.63) is 23.8 Å². The van der Waals surface area contributed by atoms with E-state index in [0.717, 1.165) is 0 Å². The molecule has 0 spiro atoms. The number of amides is 2. The van der Waals surface area contributed by atoms with Gasteiger partial charge in [0.05, 0.1) is 26.2 Å². The number of ether oxygens (including phenoxy) is 3. The number of rotatable bonds is 8. The van der Waals surface area contributed by atoms with Gasteiger partial charge in [0.1, 0.15) is 0 Å². The minimum Gasteiger partial charge on any atom is -0.493 e. The molecule has 2 rings (SSSR count). The molecule has 0 saturated carbocycles. The lowest BCUT2D eigenvalue weighted by Crippen LogP contribution is -2.46. The zero-order chi connectivity index (χ0) is 20.7. The normalized spacial score (nSPS) is 16.6. The summed E-state index contributed by atoms with van der Waals surface area (Å²) in [6.45, 7) is 4.41. The minimum absolute atomic E-state index is 0.0106. The third-order valence-corrected chi connectivity index (χ3v) is 4.05. The fourth-order valence-corrected chi connectivity index (χ4v) is 2.83. The number of morpholine rings is 1. The van der Waals surface area contributed by atoms with E-state index < -0.39 is 12.1 Å². The van der Waals surface area contributed by atoms with E-state index in [-0.39, 0.29) is 44.0 Å². The van der Waals surface area contributed by atoms with Gasteiger partial charge in [-0.15, -0.1) is 0 Å². The number of aliphatic carboxylic acids is 1. The zero-order valence-electron chi connectivity index (χ0n) is 16.3. The maximum absolute atomic E-state index is 12.8. The molecule has 1 aliphatic rings. The molecule has 9 heteroatoms. The zero-order valence-corrected chi connectivity index (χ0v) is 16.3. The molecule has 0 bridgehead atoms. The van der Waals surface area contributed by atoms with Gasteiger partial charge < -0.3 is 29.5 Å². The Hall–Kier alpha value is -2.81. The first-order valence-electron chi connectivity index (χ1n) is 9.03. The van der Waals surface area contributed by atoms with Gasteiger partial charge in [0.25, 0.3) is 11.8 Å². The summed E-state index contributed by atoms with van der Waals surface area (Å²) in [5.41, 5.74) is 0.381. The summed E-state index contributed by atoms with van der Waals surface area (Å²) in [6.07, 6.45) is -0.683. The van der Waals surface area contributed by atoms with Crippen LogP contribution >= 0.6 is 0 Å². The van der Waals surface area contributed by atoms with Crippen molar-refractivity contribution in [1.82, 2.24) is 10.2 Å². The topological polar surface area (TPSA) is 114 Å². The second kappa shape index (κ2) is 9.93. The van der Waals surface area contributed by atoms with Crippen LogP contribution in [0.25, 0.3) is 0 Å². The Labute approximate surface area is 163 Å². The molecule has 0 radical (unpaired) electrons. The van der Waals surface area contributed by atoms with Crippen molar-refractivity contribution < 1.29 is 33.7 Å². The number of nitrogens with zero attached hydrogens (tertiary/aromatic N) is 1. The lowest BCUT2D eigenvalue weighted by atomic mass is 10.1. The fraction of sp³-hybridized carbons (Fsp3) is 0.526. The van der Waals surface area contributed by atoms with Crippen LogP contribution in [0.3, 0.4) is 0 Å². The van der Waals surface area contributed by atoms with Crippen LogP contribution in [-0.2, 0) is 14.3 Å². The summed E-state index contributed by atoms with van der Waals surface area (Å²) >= 11 is 0. The summed E-state index contributed by atoms with van der Waals surface area (Å²) < 4.78 is 16.2. The van der Waals surface area contributed by atoms with Gasteiger partial charge >= 0.3 is 5.97 Å². The van der Waals surface area contributed by atoms with E-state index in [1.807, 2.05) is 13.8 Å². The van der Waals surface area contributed by atoms with Gasteiger partial charge in [0.2, 0.25) is 0 Å². The molecule has 154 valence electrons. The average Bonchev–Trinajstić information content (AvgIpc) is 2.64. The van der Waals surface area contributed by atoms with E-state index in [1.54, 1.807) is 23.1 Å². The molecule has 2 N–H and O–H groups in total. The molecular weight excluding hydrogens is 368 g/mol. The molecule has 1 saturated heterocycles. The van der Waals surface area contributed by atoms with Gasteiger partial charge in [-0.3, -0.25) is 14.4 Å². The minimum atomic E-state index is -0.969. The first kappa shape index (κ1) is 21.5. The first-order chi connectivity index (χ1) is 13.3. The number of hydrogen-bond donors (Lipinski definition) is 2. The first-order valence-corrected chi connectivity index (χ1v) is 9.03. The SMILES string of the molecule is COc1cc(C(=O)N2CCOC(CC(=O)O)C2)ccc1OCC(=O)NC(C)C. The van der Waals surface area contributed by atoms with Crippen LogP contribution in [0.1, 0.15) is 30.6 Å². The number of hydrogen-bond acceptors (Lipinski definition) is 6. The molecule has 0 aromatic heterocycles. The van der Waals surface area contributed by atoms with Crippen LogP contribution in [0.2, 0.25) is 0 Å². The Morgan fingerprint density at radius 2 is 2.07 bits per heavy atom. The lowest BCUT2D eigenvalue weighted by molar-refractivity contribution is -0.141. The Bertz CT molecular complexity index is 720. The lowest BCUT2D eigenvalue weighted by Gasteiger charge is -2.32.